The van der Waals surface area contributed by atoms with Crippen LogP contribution in [0.2, 0.25) is 5.32 Å². The molecule has 0 bridgehead atoms. The second-order valence-corrected chi connectivity index (χ2v) is 6.30. The van der Waals surface area contributed by atoms with Crippen LogP contribution in [0.3, 0.4) is 0 Å². The van der Waals surface area contributed by atoms with Crippen LogP contribution in [0, 0.1) is 0 Å². The van der Waals surface area contributed by atoms with Gasteiger partial charge < -0.3 is 0 Å². The standard InChI is InChI=1S/C15H22OSe/c1-3-5-9-14(16-12-4-2)13-17-15-10-7-6-8-11-15/h4,6-8,10-11,14H,2-3,5,9,12-13H2,1H3. The molecule has 94 valence electrons. The summed E-state index contributed by atoms with van der Waals surface area (Å²) in [6.45, 7) is 6.62. The van der Waals surface area contributed by atoms with E-state index in [0.29, 0.717) is 27.7 Å². The monoisotopic (exact) mass is 298 g/mol. The number of ether oxygens (including phenoxy) is 1. The average molecular weight is 297 g/mol. The molecule has 0 spiro atoms. The molecule has 0 fully saturated rings. The van der Waals surface area contributed by atoms with E-state index >= 15 is 0 Å². The Morgan fingerprint density at radius 3 is 2.76 bits per heavy atom. The molecule has 0 radical (unpaired) electrons. The summed E-state index contributed by atoms with van der Waals surface area (Å²) in [5.74, 6) is 0. The molecular formula is C15H22OSe. The van der Waals surface area contributed by atoms with Crippen LogP contribution in [-0.4, -0.2) is 27.7 Å². The zero-order chi connectivity index (χ0) is 12.3. The van der Waals surface area contributed by atoms with Gasteiger partial charge in [-0.2, -0.15) is 0 Å². The molecule has 0 saturated heterocycles. The molecule has 0 aliphatic carbocycles. The molecule has 0 amide bonds. The summed E-state index contributed by atoms with van der Waals surface area (Å²) in [6, 6.07) is 10.7. The normalized spacial score (nSPS) is 12.3. The molecule has 0 aliphatic heterocycles. The van der Waals surface area contributed by atoms with Crippen LogP contribution in [0.4, 0.5) is 0 Å². The van der Waals surface area contributed by atoms with E-state index in [1.807, 2.05) is 6.08 Å². The fourth-order valence-electron chi connectivity index (χ4n) is 1.56. The van der Waals surface area contributed by atoms with Gasteiger partial charge in [0.25, 0.3) is 0 Å². The van der Waals surface area contributed by atoms with Gasteiger partial charge in [-0.3, -0.25) is 0 Å². The second-order valence-electron chi connectivity index (χ2n) is 4.01. The van der Waals surface area contributed by atoms with Crippen molar-refractivity contribution >= 4 is 19.4 Å². The maximum atomic E-state index is 5.81. The van der Waals surface area contributed by atoms with E-state index in [1.54, 1.807) is 0 Å². The molecule has 1 unspecified atom stereocenters. The Morgan fingerprint density at radius 2 is 2.12 bits per heavy atom. The number of benzene rings is 1. The molecule has 0 aliphatic rings. The summed E-state index contributed by atoms with van der Waals surface area (Å²) < 4.78 is 7.27. The van der Waals surface area contributed by atoms with Crippen molar-refractivity contribution in [1.82, 2.24) is 0 Å². The molecule has 1 nitrogen and oxygen atoms in total. The van der Waals surface area contributed by atoms with E-state index in [-0.39, 0.29) is 0 Å². The van der Waals surface area contributed by atoms with Crippen LogP contribution in [0.1, 0.15) is 26.2 Å². The van der Waals surface area contributed by atoms with E-state index in [1.165, 1.54) is 29.0 Å². The van der Waals surface area contributed by atoms with Gasteiger partial charge in [0.15, 0.2) is 0 Å². The van der Waals surface area contributed by atoms with Crippen LogP contribution in [-0.2, 0) is 4.74 Å². The fourth-order valence-corrected chi connectivity index (χ4v) is 3.64. The Labute approximate surface area is 111 Å². The SMILES string of the molecule is C=CCOC(CCCC)C[Se]c1ccccc1. The topological polar surface area (TPSA) is 9.23 Å². The summed E-state index contributed by atoms with van der Waals surface area (Å²) >= 11 is 0.529. The summed E-state index contributed by atoms with van der Waals surface area (Å²) in [5.41, 5.74) is 0. The predicted octanol–water partition coefficient (Wildman–Crippen LogP) is 3.20. The van der Waals surface area contributed by atoms with Gasteiger partial charge in [-0.05, 0) is 0 Å². The molecule has 1 aromatic carbocycles. The third-order valence-corrected chi connectivity index (χ3v) is 4.91. The van der Waals surface area contributed by atoms with Crippen molar-refractivity contribution in [1.29, 1.82) is 0 Å². The number of hydrogen-bond acceptors (Lipinski definition) is 1. The summed E-state index contributed by atoms with van der Waals surface area (Å²) in [5, 5.41) is 1.17. The Morgan fingerprint density at radius 1 is 1.35 bits per heavy atom. The van der Waals surface area contributed by atoms with E-state index in [2.05, 4.69) is 43.8 Å². The minimum absolute atomic E-state index is 0.410. The maximum absolute atomic E-state index is 5.81. The van der Waals surface area contributed by atoms with Crippen molar-refractivity contribution in [2.45, 2.75) is 37.6 Å². The average Bonchev–Trinajstić information content (AvgIpc) is 2.39. The zero-order valence-corrected chi connectivity index (χ0v) is 12.3. The van der Waals surface area contributed by atoms with Crippen LogP contribution in [0.5, 0.6) is 0 Å². The first-order valence-electron chi connectivity index (χ1n) is 6.27. The minimum atomic E-state index is 0.410. The molecule has 1 atom stereocenters. The van der Waals surface area contributed by atoms with Crippen LogP contribution < -0.4 is 4.46 Å². The molecule has 0 saturated carbocycles. The van der Waals surface area contributed by atoms with E-state index in [9.17, 15) is 0 Å². The molecule has 0 aromatic heterocycles. The van der Waals surface area contributed by atoms with Gasteiger partial charge in [0.05, 0.1) is 0 Å². The van der Waals surface area contributed by atoms with Crippen molar-refractivity contribution in [3.63, 3.8) is 0 Å². The van der Waals surface area contributed by atoms with Gasteiger partial charge in [-0.1, -0.05) is 0 Å². The van der Waals surface area contributed by atoms with Gasteiger partial charge >= 0.3 is 111 Å². The molecule has 1 aromatic rings. The van der Waals surface area contributed by atoms with Gasteiger partial charge in [0.1, 0.15) is 0 Å². The summed E-state index contributed by atoms with van der Waals surface area (Å²) in [4.78, 5) is 0. The Bertz CT molecular complexity index is 297. The predicted molar refractivity (Wildman–Crippen MR) is 76.1 cm³/mol. The third kappa shape index (κ3) is 6.68. The first-order chi connectivity index (χ1) is 8.36. The molecule has 1 rings (SSSR count). The fraction of sp³-hybridized carbons (Fsp3) is 0.467. The van der Waals surface area contributed by atoms with Gasteiger partial charge in [-0.25, -0.2) is 0 Å². The van der Waals surface area contributed by atoms with Gasteiger partial charge in [-0.15, -0.1) is 0 Å². The molecule has 2 heteroatoms. The van der Waals surface area contributed by atoms with Crippen LogP contribution >= 0.6 is 0 Å². The molecular weight excluding hydrogens is 275 g/mol. The first kappa shape index (κ1) is 14.5. The second kappa shape index (κ2) is 9.47. The molecule has 17 heavy (non-hydrogen) atoms. The quantitative estimate of drug-likeness (QED) is 0.502. The van der Waals surface area contributed by atoms with Crippen molar-refractivity contribution in [3.8, 4) is 0 Å². The summed E-state index contributed by atoms with van der Waals surface area (Å²) in [6.07, 6.45) is 5.93. The van der Waals surface area contributed by atoms with Crippen molar-refractivity contribution in [2.75, 3.05) is 6.61 Å². The molecule has 0 heterocycles. The molecule has 0 N–H and O–H groups in total. The Balaban J connectivity index is 2.34. The number of hydrogen-bond donors (Lipinski definition) is 0. The Kier molecular flexibility index (Phi) is 8.08. The van der Waals surface area contributed by atoms with Gasteiger partial charge in [0, 0.05) is 0 Å². The zero-order valence-electron chi connectivity index (χ0n) is 10.6. The van der Waals surface area contributed by atoms with Crippen molar-refractivity contribution < 1.29 is 4.74 Å². The summed E-state index contributed by atoms with van der Waals surface area (Å²) in [7, 11) is 0. The van der Waals surface area contributed by atoms with Gasteiger partial charge in [0.2, 0.25) is 0 Å². The van der Waals surface area contributed by atoms with E-state index in [4.69, 9.17) is 4.74 Å². The first-order valence-corrected chi connectivity index (χ1v) is 8.34. The van der Waals surface area contributed by atoms with Crippen LogP contribution in [0.25, 0.3) is 0 Å². The Hall–Kier alpha value is -0.561. The number of unbranched alkanes of at least 4 members (excludes halogenated alkanes) is 1. The van der Waals surface area contributed by atoms with E-state index < -0.39 is 0 Å². The number of rotatable bonds is 9. The van der Waals surface area contributed by atoms with E-state index in [0.717, 1.165) is 0 Å². The van der Waals surface area contributed by atoms with Crippen LogP contribution in [0.15, 0.2) is 43.0 Å². The van der Waals surface area contributed by atoms with Crippen molar-refractivity contribution in [2.24, 2.45) is 0 Å². The van der Waals surface area contributed by atoms with Crippen molar-refractivity contribution in [3.05, 3.63) is 43.0 Å². The third-order valence-electron chi connectivity index (χ3n) is 2.51.